The predicted molar refractivity (Wildman–Crippen MR) is 116 cm³/mol. The Bertz CT molecular complexity index is 1190. The second-order valence-corrected chi connectivity index (χ2v) is 7.46. The number of hydrogen-bond donors (Lipinski definition) is 3. The standard InChI is InChI=1S/C22H22FN7O2/c1-3-22(14-8-10-15(23)11-9-14)18(31)30(21(32)29-22)12-17-26-19(24)28-20(27-17)25-16-7-5-4-6-13(16)2/h4-11H,3,12H2,1-2H3,(H,29,32)(H3,24,25,26,27,28)/t22-/m1/s1. The van der Waals surface area contributed by atoms with Crippen LogP contribution in [-0.4, -0.2) is 31.8 Å². The van der Waals surface area contributed by atoms with E-state index in [1.807, 2.05) is 31.2 Å². The molecule has 0 saturated carbocycles. The maximum absolute atomic E-state index is 13.4. The quantitative estimate of drug-likeness (QED) is 0.508. The summed E-state index contributed by atoms with van der Waals surface area (Å²) in [6.07, 6.45) is 0.291. The van der Waals surface area contributed by atoms with Crippen LogP contribution in [0.15, 0.2) is 48.5 Å². The highest BCUT2D eigenvalue weighted by atomic mass is 19.1. The molecule has 0 radical (unpaired) electrons. The van der Waals surface area contributed by atoms with Gasteiger partial charge in [-0.2, -0.15) is 15.0 Å². The smallest absolute Gasteiger partial charge is 0.325 e. The van der Waals surface area contributed by atoms with E-state index in [4.69, 9.17) is 5.73 Å². The third kappa shape index (κ3) is 3.82. The summed E-state index contributed by atoms with van der Waals surface area (Å²) in [5.41, 5.74) is 6.82. The third-order valence-electron chi connectivity index (χ3n) is 5.43. The first-order valence-corrected chi connectivity index (χ1v) is 10.1. The second kappa shape index (κ2) is 8.22. The van der Waals surface area contributed by atoms with E-state index in [0.717, 1.165) is 16.2 Å². The lowest BCUT2D eigenvalue weighted by Crippen LogP contribution is -2.43. The number of benzene rings is 2. The maximum Gasteiger partial charge on any atom is 0.325 e. The van der Waals surface area contributed by atoms with Crippen LogP contribution in [0, 0.1) is 12.7 Å². The van der Waals surface area contributed by atoms with Gasteiger partial charge in [0.2, 0.25) is 11.9 Å². The molecule has 1 atom stereocenters. The summed E-state index contributed by atoms with van der Waals surface area (Å²) in [5, 5.41) is 5.82. The molecule has 0 unspecified atom stereocenters. The van der Waals surface area contributed by atoms with Gasteiger partial charge in [-0.3, -0.25) is 9.69 Å². The Balaban J connectivity index is 1.61. The minimum Gasteiger partial charge on any atom is -0.368 e. The van der Waals surface area contributed by atoms with E-state index in [-0.39, 0.29) is 24.3 Å². The molecule has 1 saturated heterocycles. The number of carbonyl (C=O) groups is 2. The van der Waals surface area contributed by atoms with Crippen LogP contribution >= 0.6 is 0 Å². The molecule has 2 heterocycles. The van der Waals surface area contributed by atoms with E-state index >= 15 is 0 Å². The molecule has 2 aromatic carbocycles. The Morgan fingerprint density at radius 2 is 1.81 bits per heavy atom. The van der Waals surface area contributed by atoms with Crippen molar-refractivity contribution in [1.29, 1.82) is 0 Å². The number of aromatic nitrogens is 3. The Hall–Kier alpha value is -4.08. The molecule has 1 aliphatic rings. The molecule has 4 N–H and O–H groups in total. The fraction of sp³-hybridized carbons (Fsp3) is 0.227. The van der Waals surface area contributed by atoms with Crippen molar-refractivity contribution >= 4 is 29.5 Å². The van der Waals surface area contributed by atoms with E-state index in [0.29, 0.717) is 12.0 Å². The van der Waals surface area contributed by atoms with Gasteiger partial charge in [-0.1, -0.05) is 37.3 Å². The molecule has 4 rings (SSSR count). The lowest BCUT2D eigenvalue weighted by atomic mass is 9.87. The molecule has 0 bridgehead atoms. The van der Waals surface area contributed by atoms with Crippen molar-refractivity contribution < 1.29 is 14.0 Å². The second-order valence-electron chi connectivity index (χ2n) is 7.46. The molecule has 1 aliphatic heterocycles. The highest BCUT2D eigenvalue weighted by molar-refractivity contribution is 6.07. The average molecular weight is 435 g/mol. The van der Waals surface area contributed by atoms with Gasteiger partial charge in [0.25, 0.3) is 5.91 Å². The van der Waals surface area contributed by atoms with Crippen LogP contribution in [0.4, 0.5) is 26.8 Å². The summed E-state index contributed by atoms with van der Waals surface area (Å²) < 4.78 is 13.4. The van der Waals surface area contributed by atoms with Crippen molar-refractivity contribution in [2.45, 2.75) is 32.4 Å². The van der Waals surface area contributed by atoms with E-state index in [1.165, 1.54) is 24.3 Å². The Morgan fingerprint density at radius 3 is 2.50 bits per heavy atom. The number of nitrogens with zero attached hydrogens (tertiary/aromatic N) is 4. The first-order chi connectivity index (χ1) is 15.3. The van der Waals surface area contributed by atoms with Crippen LogP contribution in [0.2, 0.25) is 0 Å². The van der Waals surface area contributed by atoms with Gasteiger partial charge in [0.1, 0.15) is 11.4 Å². The van der Waals surface area contributed by atoms with E-state index in [2.05, 4.69) is 25.6 Å². The van der Waals surface area contributed by atoms with Crippen molar-refractivity contribution in [3.8, 4) is 0 Å². The van der Waals surface area contributed by atoms with Crippen LogP contribution in [0.1, 0.15) is 30.3 Å². The summed E-state index contributed by atoms with van der Waals surface area (Å²) in [6.45, 7) is 3.51. The normalized spacial score (nSPS) is 18.0. The maximum atomic E-state index is 13.4. The van der Waals surface area contributed by atoms with Gasteiger partial charge in [0.15, 0.2) is 5.82 Å². The third-order valence-corrected chi connectivity index (χ3v) is 5.43. The van der Waals surface area contributed by atoms with E-state index < -0.39 is 23.3 Å². The molecule has 3 amide bonds. The van der Waals surface area contributed by atoms with E-state index in [1.54, 1.807) is 6.92 Å². The lowest BCUT2D eigenvalue weighted by Gasteiger charge is -2.25. The average Bonchev–Trinajstić information content (AvgIpc) is 3.00. The Morgan fingerprint density at radius 1 is 1.09 bits per heavy atom. The van der Waals surface area contributed by atoms with Gasteiger partial charge >= 0.3 is 6.03 Å². The number of para-hydroxylation sites is 1. The zero-order valence-corrected chi connectivity index (χ0v) is 17.6. The minimum atomic E-state index is -1.29. The number of amides is 3. The van der Waals surface area contributed by atoms with Gasteiger partial charge in [0, 0.05) is 5.69 Å². The zero-order chi connectivity index (χ0) is 22.9. The Kier molecular flexibility index (Phi) is 5.43. The molecule has 9 nitrogen and oxygen atoms in total. The number of urea groups is 1. The van der Waals surface area contributed by atoms with Crippen LogP contribution in [0.3, 0.4) is 0 Å². The number of nitrogen functional groups attached to an aromatic ring is 1. The number of nitrogens with two attached hydrogens (primary N) is 1. The highest BCUT2D eigenvalue weighted by Crippen LogP contribution is 2.33. The van der Waals surface area contributed by atoms with Gasteiger partial charge in [0.05, 0.1) is 6.54 Å². The molecule has 1 aromatic heterocycles. The van der Waals surface area contributed by atoms with Crippen molar-refractivity contribution in [1.82, 2.24) is 25.2 Å². The monoisotopic (exact) mass is 435 g/mol. The zero-order valence-electron chi connectivity index (χ0n) is 17.6. The molecule has 0 aliphatic carbocycles. The largest absolute Gasteiger partial charge is 0.368 e. The molecule has 164 valence electrons. The van der Waals surface area contributed by atoms with E-state index in [9.17, 15) is 14.0 Å². The predicted octanol–water partition coefficient (Wildman–Crippen LogP) is 3.00. The SMILES string of the molecule is CC[C@]1(c2ccc(F)cc2)NC(=O)N(Cc2nc(N)nc(Nc3ccccc3C)n2)C1=O. The molecular formula is C22H22FN7O2. The number of nitrogens with one attached hydrogen (secondary N) is 2. The first kappa shape index (κ1) is 21.2. The number of imide groups is 1. The number of hydrogen-bond acceptors (Lipinski definition) is 7. The van der Waals surface area contributed by atoms with Crippen LogP contribution in [0.5, 0.6) is 0 Å². The van der Waals surface area contributed by atoms with Crippen molar-refractivity contribution in [2.75, 3.05) is 11.1 Å². The summed E-state index contributed by atoms with van der Waals surface area (Å²) in [4.78, 5) is 39.5. The van der Waals surface area contributed by atoms with Crippen molar-refractivity contribution in [3.63, 3.8) is 0 Å². The topological polar surface area (TPSA) is 126 Å². The fourth-order valence-electron chi connectivity index (χ4n) is 3.68. The van der Waals surface area contributed by atoms with Crippen LogP contribution < -0.4 is 16.4 Å². The minimum absolute atomic E-state index is 0.0431. The summed E-state index contributed by atoms with van der Waals surface area (Å²) >= 11 is 0. The summed E-state index contributed by atoms with van der Waals surface area (Å²) in [5.74, 6) is -0.581. The van der Waals surface area contributed by atoms with Gasteiger partial charge < -0.3 is 16.4 Å². The summed E-state index contributed by atoms with van der Waals surface area (Å²) in [7, 11) is 0. The van der Waals surface area contributed by atoms with Crippen molar-refractivity contribution in [2.24, 2.45) is 0 Å². The number of aryl methyl sites for hydroxylation is 1. The molecule has 10 heteroatoms. The molecule has 0 spiro atoms. The van der Waals surface area contributed by atoms with Crippen LogP contribution in [-0.2, 0) is 16.9 Å². The van der Waals surface area contributed by atoms with Gasteiger partial charge in [-0.25, -0.2) is 9.18 Å². The number of carbonyl (C=O) groups excluding carboxylic acids is 2. The van der Waals surface area contributed by atoms with Gasteiger partial charge in [-0.15, -0.1) is 0 Å². The summed E-state index contributed by atoms with van der Waals surface area (Å²) in [6, 6.07) is 12.5. The molecular weight excluding hydrogens is 413 g/mol. The van der Waals surface area contributed by atoms with Crippen molar-refractivity contribution in [3.05, 3.63) is 71.3 Å². The number of rotatable bonds is 6. The highest BCUT2D eigenvalue weighted by Gasteiger charge is 2.51. The molecule has 3 aromatic rings. The Labute approximate surface area is 183 Å². The molecule has 32 heavy (non-hydrogen) atoms. The lowest BCUT2D eigenvalue weighted by molar-refractivity contribution is -0.132. The number of halogens is 1. The molecule has 1 fully saturated rings. The number of anilines is 3. The first-order valence-electron chi connectivity index (χ1n) is 10.1. The van der Waals surface area contributed by atoms with Gasteiger partial charge in [-0.05, 0) is 42.7 Å². The fourth-order valence-corrected chi connectivity index (χ4v) is 3.68. The van der Waals surface area contributed by atoms with Crippen LogP contribution in [0.25, 0.3) is 0 Å².